The Morgan fingerprint density at radius 3 is 2.28 bits per heavy atom. The smallest absolute Gasteiger partial charge is 0.163 e. The lowest BCUT2D eigenvalue weighted by Gasteiger charge is -2.37. The largest absolute Gasteiger partial charge is 0.368 e. The number of halogens is 1. The zero-order valence-corrected chi connectivity index (χ0v) is 17.0. The molecule has 4 nitrogen and oxygen atoms in total. The summed E-state index contributed by atoms with van der Waals surface area (Å²) in [6, 6.07) is 16.9. The summed E-state index contributed by atoms with van der Waals surface area (Å²) in [6.45, 7) is 5.62. The van der Waals surface area contributed by atoms with Crippen LogP contribution in [-0.4, -0.2) is 36.1 Å². The molecular formula is C23H21FN4S. The summed E-state index contributed by atoms with van der Waals surface area (Å²) in [6.07, 6.45) is 0. The molecule has 0 spiro atoms. The van der Waals surface area contributed by atoms with Crippen LogP contribution in [-0.2, 0) is 0 Å². The number of aryl methyl sites for hydroxylation is 1. The predicted molar refractivity (Wildman–Crippen MR) is 118 cm³/mol. The third kappa shape index (κ3) is 3.44. The third-order valence-corrected chi connectivity index (χ3v) is 6.39. The molecule has 0 amide bonds. The van der Waals surface area contributed by atoms with Crippen molar-refractivity contribution in [3.05, 3.63) is 71.4 Å². The minimum atomic E-state index is -0.197. The van der Waals surface area contributed by atoms with Crippen LogP contribution in [0.25, 0.3) is 21.6 Å². The number of piperazine rings is 1. The van der Waals surface area contributed by atoms with Crippen molar-refractivity contribution in [2.45, 2.75) is 6.92 Å². The molecule has 5 rings (SSSR count). The second-order valence-electron chi connectivity index (χ2n) is 7.29. The molecule has 0 atom stereocenters. The maximum atomic E-state index is 13.2. The maximum Gasteiger partial charge on any atom is 0.163 e. The lowest BCUT2D eigenvalue weighted by Crippen LogP contribution is -2.47. The number of anilines is 2. The standard InChI is InChI=1S/C23H21FN4S/c1-16-15-29-23-20(16)22(25-21(26-23)17-5-3-2-4-6-17)28-13-11-27(12-14-28)19-9-7-18(24)8-10-19/h2-10,15H,11-14H2,1H3. The maximum absolute atomic E-state index is 13.2. The number of hydrogen-bond donors (Lipinski definition) is 0. The summed E-state index contributed by atoms with van der Waals surface area (Å²) in [7, 11) is 0. The van der Waals surface area contributed by atoms with Gasteiger partial charge >= 0.3 is 0 Å². The first-order chi connectivity index (χ1) is 14.2. The molecule has 1 aliphatic rings. The Balaban J connectivity index is 1.47. The van der Waals surface area contributed by atoms with E-state index in [1.807, 2.05) is 30.3 Å². The quantitative estimate of drug-likeness (QED) is 0.474. The normalized spacial score (nSPS) is 14.6. The summed E-state index contributed by atoms with van der Waals surface area (Å²) >= 11 is 1.68. The highest BCUT2D eigenvalue weighted by Crippen LogP contribution is 2.34. The minimum absolute atomic E-state index is 0.197. The molecule has 3 heterocycles. The number of aromatic nitrogens is 2. The molecule has 1 saturated heterocycles. The van der Waals surface area contributed by atoms with Crippen molar-refractivity contribution >= 4 is 33.1 Å². The molecule has 1 aliphatic heterocycles. The lowest BCUT2D eigenvalue weighted by atomic mass is 10.2. The van der Waals surface area contributed by atoms with Gasteiger partial charge in [-0.3, -0.25) is 0 Å². The highest BCUT2D eigenvalue weighted by Gasteiger charge is 2.23. The van der Waals surface area contributed by atoms with Crippen LogP contribution >= 0.6 is 11.3 Å². The van der Waals surface area contributed by atoms with Gasteiger partial charge in [0.1, 0.15) is 16.5 Å². The summed E-state index contributed by atoms with van der Waals surface area (Å²) < 4.78 is 13.2. The summed E-state index contributed by atoms with van der Waals surface area (Å²) in [5, 5.41) is 3.32. The Labute approximate surface area is 173 Å². The average molecular weight is 405 g/mol. The van der Waals surface area contributed by atoms with Crippen LogP contribution in [0, 0.1) is 12.7 Å². The average Bonchev–Trinajstić information content (AvgIpc) is 3.15. The zero-order chi connectivity index (χ0) is 19.8. The Morgan fingerprint density at radius 1 is 0.862 bits per heavy atom. The van der Waals surface area contributed by atoms with Gasteiger partial charge in [0.25, 0.3) is 0 Å². The van der Waals surface area contributed by atoms with Crippen LogP contribution in [0.3, 0.4) is 0 Å². The number of rotatable bonds is 3. The van der Waals surface area contributed by atoms with Crippen LogP contribution in [0.4, 0.5) is 15.9 Å². The Hall–Kier alpha value is -2.99. The fourth-order valence-corrected chi connectivity index (χ4v) is 4.75. The summed E-state index contributed by atoms with van der Waals surface area (Å²) in [4.78, 5) is 15.5. The number of nitrogens with zero attached hydrogens (tertiary/aromatic N) is 4. The van der Waals surface area contributed by atoms with Gasteiger partial charge in [-0.15, -0.1) is 11.3 Å². The minimum Gasteiger partial charge on any atom is -0.368 e. The molecule has 2 aromatic heterocycles. The van der Waals surface area contributed by atoms with Crippen LogP contribution < -0.4 is 9.80 Å². The van der Waals surface area contributed by atoms with Crippen molar-refractivity contribution in [3.8, 4) is 11.4 Å². The van der Waals surface area contributed by atoms with Crippen LogP contribution in [0.2, 0.25) is 0 Å². The Kier molecular flexibility index (Phi) is 4.64. The number of fused-ring (bicyclic) bond motifs is 1. The van der Waals surface area contributed by atoms with Gasteiger partial charge in [0.2, 0.25) is 0 Å². The first-order valence-electron chi connectivity index (χ1n) is 9.76. The van der Waals surface area contributed by atoms with Crippen molar-refractivity contribution in [2.24, 2.45) is 0 Å². The summed E-state index contributed by atoms with van der Waals surface area (Å²) in [5.74, 6) is 1.60. The Bertz CT molecular complexity index is 1130. The van der Waals surface area contributed by atoms with Gasteiger partial charge in [-0.1, -0.05) is 30.3 Å². The molecule has 0 aliphatic carbocycles. The van der Waals surface area contributed by atoms with Gasteiger partial charge in [0.05, 0.1) is 5.39 Å². The zero-order valence-electron chi connectivity index (χ0n) is 16.2. The highest BCUT2D eigenvalue weighted by molar-refractivity contribution is 7.17. The monoisotopic (exact) mass is 404 g/mol. The molecule has 0 bridgehead atoms. The van der Waals surface area contributed by atoms with Crippen molar-refractivity contribution in [1.82, 2.24) is 9.97 Å². The van der Waals surface area contributed by atoms with E-state index in [1.54, 1.807) is 11.3 Å². The fraction of sp³-hybridized carbons (Fsp3) is 0.217. The molecule has 0 unspecified atom stereocenters. The first-order valence-corrected chi connectivity index (χ1v) is 10.6. The molecular weight excluding hydrogens is 383 g/mol. The van der Waals surface area contributed by atoms with Crippen LogP contribution in [0.15, 0.2) is 60.0 Å². The molecule has 146 valence electrons. The molecule has 2 aromatic carbocycles. The van der Waals surface area contributed by atoms with E-state index in [4.69, 9.17) is 9.97 Å². The van der Waals surface area contributed by atoms with Crippen molar-refractivity contribution in [3.63, 3.8) is 0 Å². The molecule has 0 N–H and O–H groups in total. The van der Waals surface area contributed by atoms with E-state index in [0.717, 1.165) is 59.3 Å². The van der Waals surface area contributed by atoms with Crippen molar-refractivity contribution in [1.29, 1.82) is 0 Å². The fourth-order valence-electron chi connectivity index (χ4n) is 3.84. The lowest BCUT2D eigenvalue weighted by molar-refractivity contribution is 0.624. The van der Waals surface area contributed by atoms with Gasteiger partial charge in [0.15, 0.2) is 5.82 Å². The van der Waals surface area contributed by atoms with E-state index in [-0.39, 0.29) is 5.82 Å². The number of thiophene rings is 1. The van der Waals surface area contributed by atoms with E-state index in [1.165, 1.54) is 17.7 Å². The SMILES string of the molecule is Cc1csc2nc(-c3ccccc3)nc(N3CCN(c4ccc(F)cc4)CC3)c12. The van der Waals surface area contributed by atoms with Crippen LogP contribution in [0.1, 0.15) is 5.56 Å². The van der Waals surface area contributed by atoms with Gasteiger partial charge in [-0.05, 0) is 42.1 Å². The topological polar surface area (TPSA) is 32.3 Å². The molecule has 0 saturated carbocycles. The third-order valence-electron chi connectivity index (χ3n) is 5.40. The second kappa shape index (κ2) is 7.44. The van der Waals surface area contributed by atoms with Crippen LogP contribution in [0.5, 0.6) is 0 Å². The second-order valence-corrected chi connectivity index (χ2v) is 8.14. The molecule has 4 aromatic rings. The summed E-state index contributed by atoms with van der Waals surface area (Å²) in [5.41, 5.74) is 3.32. The Morgan fingerprint density at radius 2 is 1.55 bits per heavy atom. The molecule has 6 heteroatoms. The van der Waals surface area contributed by atoms with Gasteiger partial charge in [-0.25, -0.2) is 14.4 Å². The first kappa shape index (κ1) is 18.1. The van der Waals surface area contributed by atoms with Gasteiger partial charge < -0.3 is 9.80 Å². The van der Waals surface area contributed by atoms with E-state index in [9.17, 15) is 4.39 Å². The van der Waals surface area contributed by atoms with E-state index in [0.29, 0.717) is 0 Å². The van der Waals surface area contributed by atoms with Gasteiger partial charge in [-0.2, -0.15) is 0 Å². The molecule has 0 radical (unpaired) electrons. The van der Waals surface area contributed by atoms with E-state index >= 15 is 0 Å². The van der Waals surface area contributed by atoms with E-state index in [2.05, 4.69) is 34.2 Å². The number of benzene rings is 2. The van der Waals surface area contributed by atoms with Crippen molar-refractivity contribution < 1.29 is 4.39 Å². The molecule has 1 fully saturated rings. The molecule has 29 heavy (non-hydrogen) atoms. The van der Waals surface area contributed by atoms with Crippen molar-refractivity contribution in [2.75, 3.05) is 36.0 Å². The van der Waals surface area contributed by atoms with Gasteiger partial charge in [0, 0.05) is 37.4 Å². The predicted octanol–water partition coefficient (Wildman–Crippen LogP) is 5.13. The highest BCUT2D eigenvalue weighted by atomic mass is 32.1. The number of hydrogen-bond acceptors (Lipinski definition) is 5. The van der Waals surface area contributed by atoms with E-state index < -0.39 is 0 Å².